The number of carbonyl (C=O) groups is 1. The Labute approximate surface area is 153 Å². The number of aromatic hydroxyl groups is 1. The molecule has 0 radical (unpaired) electrons. The number of anilines is 1. The highest BCUT2D eigenvalue weighted by Crippen LogP contribution is 2.30. The minimum atomic E-state index is -0.351. The van der Waals surface area contributed by atoms with Gasteiger partial charge in [-0.3, -0.25) is 15.0 Å². The number of nitrogens with zero attached hydrogens (tertiary/aromatic N) is 2. The van der Waals surface area contributed by atoms with E-state index >= 15 is 0 Å². The van der Waals surface area contributed by atoms with Crippen LogP contribution in [0.15, 0.2) is 22.0 Å². The van der Waals surface area contributed by atoms with E-state index in [2.05, 4.69) is 31.1 Å². The van der Waals surface area contributed by atoms with Gasteiger partial charge in [-0.2, -0.15) is 0 Å². The lowest BCUT2D eigenvalue weighted by atomic mass is 10.1. The molecule has 0 aliphatic carbocycles. The summed E-state index contributed by atoms with van der Waals surface area (Å²) in [5, 5.41) is 15.4. The summed E-state index contributed by atoms with van der Waals surface area (Å²) in [6, 6.07) is 3.43. The number of benzene rings is 1. The van der Waals surface area contributed by atoms with Crippen LogP contribution in [0.5, 0.6) is 5.75 Å². The first-order valence-corrected chi connectivity index (χ1v) is 9.67. The first-order chi connectivity index (χ1) is 11.5. The van der Waals surface area contributed by atoms with Crippen molar-refractivity contribution in [2.75, 3.05) is 18.4 Å². The summed E-state index contributed by atoms with van der Waals surface area (Å²) in [6.45, 7) is 4.93. The average molecular weight is 410 g/mol. The van der Waals surface area contributed by atoms with Crippen molar-refractivity contribution in [1.82, 2.24) is 9.88 Å². The maximum atomic E-state index is 12.4. The zero-order chi connectivity index (χ0) is 17.1. The van der Waals surface area contributed by atoms with Crippen LogP contribution in [0.1, 0.15) is 40.9 Å². The van der Waals surface area contributed by atoms with Crippen molar-refractivity contribution in [2.24, 2.45) is 0 Å². The SMILES string of the molecule is Cc1cc(Br)c(O)c(C(=O)Nc2nc(CN3CCCCC3)cs2)c1. The summed E-state index contributed by atoms with van der Waals surface area (Å²) in [5.41, 5.74) is 2.12. The van der Waals surface area contributed by atoms with Gasteiger partial charge in [0.25, 0.3) is 5.91 Å². The van der Waals surface area contributed by atoms with Gasteiger partial charge in [-0.15, -0.1) is 11.3 Å². The summed E-state index contributed by atoms with van der Waals surface area (Å²) < 4.78 is 0.512. The molecule has 0 saturated carbocycles. The Morgan fingerprint density at radius 2 is 2.12 bits per heavy atom. The Balaban J connectivity index is 1.67. The number of thiazole rings is 1. The first-order valence-electron chi connectivity index (χ1n) is 8.00. The van der Waals surface area contributed by atoms with Gasteiger partial charge in [-0.1, -0.05) is 6.42 Å². The molecule has 2 aromatic rings. The van der Waals surface area contributed by atoms with E-state index in [4.69, 9.17) is 0 Å². The highest BCUT2D eigenvalue weighted by molar-refractivity contribution is 9.10. The molecule has 5 nitrogen and oxygen atoms in total. The van der Waals surface area contributed by atoms with Crippen molar-refractivity contribution in [3.63, 3.8) is 0 Å². The topological polar surface area (TPSA) is 65.5 Å². The monoisotopic (exact) mass is 409 g/mol. The molecule has 1 amide bonds. The molecular weight excluding hydrogens is 390 g/mol. The second kappa shape index (κ2) is 7.63. The number of phenols is 1. The Hall–Kier alpha value is -1.44. The van der Waals surface area contributed by atoms with Crippen LogP contribution in [-0.4, -0.2) is 34.0 Å². The standard InChI is InChI=1S/C17H20BrN3O2S/c1-11-7-13(15(22)14(18)8-11)16(23)20-17-19-12(10-24-17)9-21-5-3-2-4-6-21/h7-8,10,22H,2-6,9H2,1H3,(H,19,20,23). The predicted octanol–water partition coefficient (Wildman–Crippen LogP) is 4.16. The van der Waals surface area contributed by atoms with Crippen molar-refractivity contribution in [1.29, 1.82) is 0 Å². The van der Waals surface area contributed by atoms with Gasteiger partial charge < -0.3 is 5.11 Å². The largest absolute Gasteiger partial charge is 0.506 e. The van der Waals surface area contributed by atoms with E-state index in [1.54, 1.807) is 12.1 Å². The second-order valence-electron chi connectivity index (χ2n) is 6.08. The number of likely N-dealkylation sites (tertiary alicyclic amines) is 1. The van der Waals surface area contributed by atoms with Gasteiger partial charge in [0, 0.05) is 11.9 Å². The highest BCUT2D eigenvalue weighted by Gasteiger charge is 2.17. The summed E-state index contributed by atoms with van der Waals surface area (Å²) in [5.74, 6) is -0.404. The molecule has 3 rings (SSSR count). The molecule has 1 aliphatic rings. The van der Waals surface area contributed by atoms with Gasteiger partial charge in [0.05, 0.1) is 15.7 Å². The van der Waals surface area contributed by atoms with Crippen molar-refractivity contribution >= 4 is 38.3 Å². The lowest BCUT2D eigenvalue weighted by Gasteiger charge is -2.25. The van der Waals surface area contributed by atoms with Crippen LogP contribution in [0.3, 0.4) is 0 Å². The maximum Gasteiger partial charge on any atom is 0.261 e. The summed E-state index contributed by atoms with van der Waals surface area (Å²) in [6.07, 6.45) is 3.80. The van der Waals surface area contributed by atoms with Crippen molar-refractivity contribution < 1.29 is 9.90 Å². The highest BCUT2D eigenvalue weighted by atomic mass is 79.9. The molecule has 0 atom stereocenters. The number of hydrogen-bond acceptors (Lipinski definition) is 5. The van der Waals surface area contributed by atoms with Gasteiger partial charge in [-0.25, -0.2) is 4.98 Å². The molecule has 1 aliphatic heterocycles. The zero-order valence-electron chi connectivity index (χ0n) is 13.5. The Morgan fingerprint density at radius 1 is 1.38 bits per heavy atom. The molecule has 128 valence electrons. The van der Waals surface area contributed by atoms with Gasteiger partial charge in [0.15, 0.2) is 5.13 Å². The third-order valence-corrected chi connectivity index (χ3v) is 5.47. The quantitative estimate of drug-likeness (QED) is 0.795. The molecular formula is C17H20BrN3O2S. The van der Waals surface area contributed by atoms with E-state index in [9.17, 15) is 9.90 Å². The number of rotatable bonds is 4. The number of halogens is 1. The second-order valence-corrected chi connectivity index (χ2v) is 7.79. The molecule has 0 bridgehead atoms. The van der Waals surface area contributed by atoms with Gasteiger partial charge >= 0.3 is 0 Å². The van der Waals surface area contributed by atoms with E-state index in [0.717, 1.165) is 30.9 Å². The third-order valence-electron chi connectivity index (χ3n) is 4.06. The Morgan fingerprint density at radius 3 is 2.88 bits per heavy atom. The zero-order valence-corrected chi connectivity index (χ0v) is 15.9. The lowest BCUT2D eigenvalue weighted by molar-refractivity contribution is 0.102. The summed E-state index contributed by atoms with van der Waals surface area (Å²) >= 11 is 4.67. The van der Waals surface area contributed by atoms with Crippen molar-refractivity contribution in [2.45, 2.75) is 32.7 Å². The third kappa shape index (κ3) is 4.15. The number of aryl methyl sites for hydroxylation is 1. The molecule has 1 saturated heterocycles. The first kappa shape index (κ1) is 17.4. The molecule has 0 spiro atoms. The van der Waals surface area contributed by atoms with Crippen LogP contribution in [0.25, 0.3) is 0 Å². The fraction of sp³-hybridized carbons (Fsp3) is 0.412. The number of aromatic nitrogens is 1. The van der Waals surface area contributed by atoms with Crippen LogP contribution in [0.2, 0.25) is 0 Å². The number of phenolic OH excluding ortho intramolecular Hbond substituents is 1. The van der Waals surface area contributed by atoms with Crippen LogP contribution in [0.4, 0.5) is 5.13 Å². The molecule has 1 fully saturated rings. The molecule has 1 aromatic carbocycles. The molecule has 7 heteroatoms. The summed E-state index contributed by atoms with van der Waals surface area (Å²) in [4.78, 5) is 19.3. The molecule has 0 unspecified atom stereocenters. The van der Waals surface area contributed by atoms with E-state index in [-0.39, 0.29) is 17.2 Å². The van der Waals surface area contributed by atoms with E-state index in [1.807, 2.05) is 12.3 Å². The van der Waals surface area contributed by atoms with Gasteiger partial charge in [0.1, 0.15) is 5.75 Å². The fourth-order valence-electron chi connectivity index (χ4n) is 2.86. The van der Waals surface area contributed by atoms with Crippen LogP contribution >= 0.6 is 27.3 Å². The van der Waals surface area contributed by atoms with Crippen molar-refractivity contribution in [3.05, 3.63) is 38.8 Å². The maximum absolute atomic E-state index is 12.4. The number of hydrogen-bond donors (Lipinski definition) is 2. The van der Waals surface area contributed by atoms with Crippen LogP contribution < -0.4 is 5.32 Å². The molecule has 1 aromatic heterocycles. The van der Waals surface area contributed by atoms with Crippen molar-refractivity contribution in [3.8, 4) is 5.75 Å². The Kier molecular flexibility index (Phi) is 5.53. The van der Waals surface area contributed by atoms with Crippen LogP contribution in [0, 0.1) is 6.92 Å². The normalized spacial score (nSPS) is 15.4. The van der Waals surface area contributed by atoms with Gasteiger partial charge in [-0.05, 0) is 66.5 Å². The number of amides is 1. The minimum Gasteiger partial charge on any atom is -0.506 e. The van der Waals surface area contributed by atoms with E-state index < -0.39 is 0 Å². The predicted molar refractivity (Wildman–Crippen MR) is 99.7 cm³/mol. The van der Waals surface area contributed by atoms with E-state index in [0.29, 0.717) is 9.60 Å². The van der Waals surface area contributed by atoms with E-state index in [1.165, 1.54) is 30.6 Å². The van der Waals surface area contributed by atoms with Crippen LogP contribution in [-0.2, 0) is 6.54 Å². The molecule has 24 heavy (non-hydrogen) atoms. The minimum absolute atomic E-state index is 0.0526. The summed E-state index contributed by atoms with van der Waals surface area (Å²) in [7, 11) is 0. The van der Waals surface area contributed by atoms with Gasteiger partial charge in [0.2, 0.25) is 0 Å². The number of piperidine rings is 1. The smallest absolute Gasteiger partial charge is 0.261 e. The number of carbonyl (C=O) groups excluding carboxylic acids is 1. The molecule has 2 heterocycles. The molecule has 2 N–H and O–H groups in total. The number of nitrogens with one attached hydrogen (secondary N) is 1. The fourth-order valence-corrected chi connectivity index (χ4v) is 4.13. The average Bonchev–Trinajstić information content (AvgIpc) is 2.98. The lowest BCUT2D eigenvalue weighted by Crippen LogP contribution is -2.29. The Bertz CT molecular complexity index is 741.